The second-order valence-electron chi connectivity index (χ2n) is 5.90. The summed E-state index contributed by atoms with van der Waals surface area (Å²) in [5.74, 6) is -0.633. The van der Waals surface area contributed by atoms with Crippen LogP contribution in [0.5, 0.6) is 0 Å². The molecule has 0 aromatic carbocycles. The van der Waals surface area contributed by atoms with E-state index in [9.17, 15) is 25.1 Å². The number of rotatable bonds is 5. The van der Waals surface area contributed by atoms with E-state index in [4.69, 9.17) is 9.47 Å². The molecule has 0 saturated carbocycles. The minimum absolute atomic E-state index is 0.268. The maximum atomic E-state index is 12.2. The number of anilines is 1. The van der Waals surface area contributed by atoms with Gasteiger partial charge in [-0.15, -0.1) is 0 Å². The molecule has 1 aliphatic rings. The molecule has 4 atom stereocenters. The minimum atomic E-state index is -2.18. The average Bonchev–Trinajstić information content (AvgIpc) is 2.84. The molecule has 0 radical (unpaired) electrons. The van der Waals surface area contributed by atoms with Crippen molar-refractivity contribution >= 4 is 11.8 Å². The van der Waals surface area contributed by atoms with Crippen molar-refractivity contribution in [2.24, 2.45) is 5.92 Å². The Kier molecular flexibility index (Phi) is 5.42. The molecule has 3 N–H and O–H groups in total. The highest BCUT2D eigenvalue weighted by molar-refractivity contribution is 5.71. The average molecular weight is 352 g/mol. The van der Waals surface area contributed by atoms with Crippen LogP contribution in [0.3, 0.4) is 0 Å². The number of carbonyl (C=O) groups is 1. The first kappa shape index (κ1) is 18.9. The van der Waals surface area contributed by atoms with E-state index < -0.39 is 35.7 Å². The third-order valence-corrected chi connectivity index (χ3v) is 3.88. The molecule has 10 heteroatoms. The highest BCUT2D eigenvalue weighted by Gasteiger charge is 2.57. The predicted octanol–water partition coefficient (Wildman–Crippen LogP) is -1.22. The Hall–Kier alpha value is -2.48. The fraction of sp³-hybridized carbons (Fsp3) is 0.600. The van der Waals surface area contributed by atoms with Crippen molar-refractivity contribution in [3.05, 3.63) is 22.7 Å². The van der Waals surface area contributed by atoms with Gasteiger partial charge in [-0.05, 0) is 6.07 Å². The molecule has 4 unspecified atom stereocenters. The smallest absolute Gasteiger partial charge is 0.352 e. The normalized spacial score (nSPS) is 28.6. The van der Waals surface area contributed by atoms with Crippen LogP contribution in [-0.2, 0) is 20.0 Å². The van der Waals surface area contributed by atoms with E-state index in [0.29, 0.717) is 0 Å². The van der Waals surface area contributed by atoms with Gasteiger partial charge in [0, 0.05) is 13.2 Å². The summed E-state index contributed by atoms with van der Waals surface area (Å²) in [6.07, 6.45) is -3.22. The summed E-state index contributed by atoms with van der Waals surface area (Å²) in [6, 6.07) is 3.13. The minimum Gasteiger partial charge on any atom is -0.463 e. The van der Waals surface area contributed by atoms with Gasteiger partial charge in [0.05, 0.1) is 5.92 Å². The zero-order valence-electron chi connectivity index (χ0n) is 14.0. The van der Waals surface area contributed by atoms with Crippen molar-refractivity contribution in [2.45, 2.75) is 37.9 Å². The second kappa shape index (κ2) is 7.18. The molecule has 0 bridgehead atoms. The molecule has 1 fully saturated rings. The monoisotopic (exact) mass is 352 g/mol. The summed E-state index contributed by atoms with van der Waals surface area (Å²) in [5, 5.41) is 32.7. The number of nitrogens with one attached hydrogen (secondary N) is 1. The number of aliphatic hydroxyl groups excluding tert-OH is 2. The lowest BCUT2D eigenvalue weighted by molar-refractivity contribution is -0.157. The zero-order chi connectivity index (χ0) is 18.8. The lowest BCUT2D eigenvalue weighted by atomic mass is 10.0. The number of ether oxygens (including phenoxy) is 2. The molecule has 1 aromatic rings. The van der Waals surface area contributed by atoms with Crippen LogP contribution in [-0.4, -0.2) is 57.7 Å². The van der Waals surface area contributed by atoms with Crippen LogP contribution in [0.1, 0.15) is 13.8 Å². The Labute approximate surface area is 143 Å². The van der Waals surface area contributed by atoms with Gasteiger partial charge in [0.15, 0.2) is 0 Å². The fourth-order valence-electron chi connectivity index (χ4n) is 2.41. The largest absolute Gasteiger partial charge is 0.463 e. The van der Waals surface area contributed by atoms with E-state index in [1.54, 1.807) is 27.0 Å². The third kappa shape index (κ3) is 3.34. The van der Waals surface area contributed by atoms with E-state index >= 15 is 0 Å². The molecular weight excluding hydrogens is 332 g/mol. The molecule has 136 valence electrons. The molecule has 25 heavy (non-hydrogen) atoms. The van der Waals surface area contributed by atoms with E-state index in [-0.39, 0.29) is 18.3 Å². The number of hydrogen-bond acceptors (Lipinski definition) is 9. The van der Waals surface area contributed by atoms with E-state index in [0.717, 1.165) is 4.57 Å². The molecule has 0 aliphatic carbocycles. The van der Waals surface area contributed by atoms with Gasteiger partial charge in [-0.1, -0.05) is 13.8 Å². The first-order valence-corrected chi connectivity index (χ1v) is 7.66. The Morgan fingerprint density at radius 3 is 2.80 bits per heavy atom. The summed E-state index contributed by atoms with van der Waals surface area (Å²) in [7, 11) is 1.57. The first-order chi connectivity index (χ1) is 11.8. The maximum Gasteiger partial charge on any atom is 0.352 e. The number of hydrogen-bond donors (Lipinski definition) is 3. The lowest BCUT2D eigenvalue weighted by Gasteiger charge is -2.26. The van der Waals surface area contributed by atoms with Crippen molar-refractivity contribution < 1.29 is 24.5 Å². The molecule has 1 aromatic heterocycles. The van der Waals surface area contributed by atoms with Gasteiger partial charge in [0.2, 0.25) is 0 Å². The van der Waals surface area contributed by atoms with Gasteiger partial charge < -0.3 is 25.0 Å². The van der Waals surface area contributed by atoms with Crippen LogP contribution in [0.2, 0.25) is 0 Å². The van der Waals surface area contributed by atoms with Gasteiger partial charge in [0.1, 0.15) is 36.8 Å². The van der Waals surface area contributed by atoms with Gasteiger partial charge in [-0.2, -0.15) is 10.2 Å². The summed E-state index contributed by atoms with van der Waals surface area (Å²) < 4.78 is 11.2. The van der Waals surface area contributed by atoms with Crippen LogP contribution in [0, 0.1) is 17.2 Å². The van der Waals surface area contributed by atoms with Gasteiger partial charge >= 0.3 is 11.7 Å². The number of carbonyl (C=O) groups excluding carboxylic acids is 1. The molecule has 2 rings (SSSR count). The topological polar surface area (TPSA) is 147 Å². The van der Waals surface area contributed by atoms with Gasteiger partial charge in [-0.3, -0.25) is 9.36 Å². The second-order valence-corrected chi connectivity index (χ2v) is 5.90. The Bertz CT molecular complexity index is 742. The molecule has 1 saturated heterocycles. The fourth-order valence-corrected chi connectivity index (χ4v) is 2.41. The highest BCUT2D eigenvalue weighted by atomic mass is 16.6. The van der Waals surface area contributed by atoms with E-state index in [2.05, 4.69) is 10.3 Å². The van der Waals surface area contributed by atoms with E-state index in [1.807, 2.05) is 0 Å². The molecule has 1 aliphatic heterocycles. The number of aromatic nitrogens is 2. The quantitative estimate of drug-likeness (QED) is 0.555. The highest BCUT2D eigenvalue weighted by Crippen LogP contribution is 2.34. The number of nitriles is 1. The van der Waals surface area contributed by atoms with Crippen molar-refractivity contribution in [2.75, 3.05) is 19.0 Å². The lowest BCUT2D eigenvalue weighted by Crippen LogP contribution is -2.49. The Morgan fingerprint density at radius 1 is 1.60 bits per heavy atom. The SMILES string of the molecule is CNc1ccn(C2(C#N)OC(COC(=O)C(C)C)C(O)C2O)c(=O)n1. The van der Waals surface area contributed by atoms with E-state index in [1.165, 1.54) is 12.3 Å². The molecule has 2 heterocycles. The van der Waals surface area contributed by atoms with Gasteiger partial charge in [-0.25, -0.2) is 4.79 Å². The van der Waals surface area contributed by atoms with Crippen LogP contribution in [0.25, 0.3) is 0 Å². The van der Waals surface area contributed by atoms with Gasteiger partial charge in [0.25, 0.3) is 5.72 Å². The van der Waals surface area contributed by atoms with Crippen LogP contribution < -0.4 is 11.0 Å². The van der Waals surface area contributed by atoms with Crippen LogP contribution in [0.4, 0.5) is 5.82 Å². The summed E-state index contributed by atoms with van der Waals surface area (Å²) in [5.41, 5.74) is -3.02. The molecular formula is C15H20N4O6. The van der Waals surface area contributed by atoms with Crippen LogP contribution >= 0.6 is 0 Å². The first-order valence-electron chi connectivity index (χ1n) is 7.66. The standard InChI is InChI=1S/C15H20N4O6/c1-8(2)13(22)24-6-9-11(20)12(21)15(7-16,25-9)19-5-4-10(17-3)18-14(19)23/h4-5,8-9,11-12,20-21H,6H2,1-3H3,(H,17,18,23). The Balaban J connectivity index is 2.31. The van der Waals surface area contributed by atoms with Crippen molar-refractivity contribution in [1.82, 2.24) is 9.55 Å². The zero-order valence-corrected chi connectivity index (χ0v) is 14.0. The summed E-state index contributed by atoms with van der Waals surface area (Å²) >= 11 is 0. The Morgan fingerprint density at radius 2 is 2.28 bits per heavy atom. The maximum absolute atomic E-state index is 12.2. The number of aliphatic hydroxyl groups is 2. The van der Waals surface area contributed by atoms with Crippen molar-refractivity contribution in [1.29, 1.82) is 5.26 Å². The predicted molar refractivity (Wildman–Crippen MR) is 84.3 cm³/mol. The molecule has 0 spiro atoms. The summed E-state index contributed by atoms with van der Waals surface area (Å²) in [6.45, 7) is 2.91. The van der Waals surface area contributed by atoms with Crippen LogP contribution in [0.15, 0.2) is 17.1 Å². The molecule has 0 amide bonds. The number of esters is 1. The summed E-state index contributed by atoms with van der Waals surface area (Å²) in [4.78, 5) is 27.4. The van der Waals surface area contributed by atoms with Crippen molar-refractivity contribution in [3.8, 4) is 6.07 Å². The molecule has 10 nitrogen and oxygen atoms in total. The third-order valence-electron chi connectivity index (χ3n) is 3.88. The number of nitrogens with zero attached hydrogens (tertiary/aromatic N) is 3. The van der Waals surface area contributed by atoms with Crippen molar-refractivity contribution in [3.63, 3.8) is 0 Å².